The minimum absolute atomic E-state index is 0.0211. The maximum atomic E-state index is 12.5. The molecule has 1 aromatic carbocycles. The Morgan fingerprint density at radius 3 is 2.88 bits per heavy atom. The number of thiophene rings is 1. The number of rotatable bonds is 6. The first kappa shape index (κ1) is 17.6. The van der Waals surface area contributed by atoms with Crippen LogP contribution < -0.4 is 10.3 Å². The third-order valence-corrected chi connectivity index (χ3v) is 6.77. The lowest BCUT2D eigenvalue weighted by Gasteiger charge is -2.09. The molecule has 2 heterocycles. The number of nitrogens with one attached hydrogen (secondary N) is 1. The predicted octanol–water partition coefficient (Wildman–Crippen LogP) is 4.73. The van der Waals surface area contributed by atoms with E-state index in [9.17, 15) is 4.79 Å². The summed E-state index contributed by atoms with van der Waals surface area (Å²) in [6, 6.07) is 8.09. The van der Waals surface area contributed by atoms with Gasteiger partial charge in [-0.1, -0.05) is 29.5 Å². The van der Waals surface area contributed by atoms with Crippen LogP contribution in [0.5, 0.6) is 5.75 Å². The van der Waals surface area contributed by atoms with Crippen molar-refractivity contribution in [2.24, 2.45) is 0 Å². The van der Waals surface area contributed by atoms with Crippen LogP contribution in [0.15, 0.2) is 34.2 Å². The summed E-state index contributed by atoms with van der Waals surface area (Å²) in [5, 5.41) is 1.55. The summed E-state index contributed by atoms with van der Waals surface area (Å²) < 4.78 is 5.74. The number of nitrogens with zero attached hydrogens (tertiary/aromatic N) is 1. The zero-order valence-electron chi connectivity index (χ0n) is 14.8. The highest BCUT2D eigenvalue weighted by molar-refractivity contribution is 7.99. The molecule has 0 fully saturated rings. The molecule has 0 saturated heterocycles. The number of hydrogen-bond donors (Lipinski definition) is 1. The second kappa shape index (κ2) is 7.84. The number of fused-ring (bicyclic) bond motifs is 3. The fourth-order valence-corrected chi connectivity index (χ4v) is 5.36. The lowest BCUT2D eigenvalue weighted by Crippen LogP contribution is -2.11. The molecule has 26 heavy (non-hydrogen) atoms. The Morgan fingerprint density at radius 2 is 2.04 bits per heavy atom. The Kier molecular flexibility index (Phi) is 5.31. The van der Waals surface area contributed by atoms with Crippen LogP contribution in [0.1, 0.15) is 35.3 Å². The van der Waals surface area contributed by atoms with Gasteiger partial charge in [0, 0.05) is 10.6 Å². The van der Waals surface area contributed by atoms with Gasteiger partial charge in [0.25, 0.3) is 5.56 Å². The van der Waals surface area contributed by atoms with Crippen molar-refractivity contribution < 1.29 is 4.74 Å². The van der Waals surface area contributed by atoms with Crippen molar-refractivity contribution in [1.82, 2.24) is 9.97 Å². The van der Waals surface area contributed by atoms with Crippen molar-refractivity contribution >= 4 is 33.3 Å². The number of benzene rings is 1. The van der Waals surface area contributed by atoms with E-state index in [2.05, 4.69) is 24.0 Å². The first-order valence-corrected chi connectivity index (χ1v) is 10.9. The van der Waals surface area contributed by atoms with Gasteiger partial charge in [0.1, 0.15) is 10.6 Å². The van der Waals surface area contributed by atoms with Gasteiger partial charge in [0.15, 0.2) is 5.16 Å². The highest BCUT2D eigenvalue weighted by Crippen LogP contribution is 2.34. The number of H-pyrrole nitrogens is 1. The van der Waals surface area contributed by atoms with Gasteiger partial charge in [0.05, 0.1) is 12.0 Å². The molecule has 0 spiro atoms. The summed E-state index contributed by atoms with van der Waals surface area (Å²) >= 11 is 3.29. The highest BCUT2D eigenvalue weighted by Gasteiger charge is 2.19. The maximum absolute atomic E-state index is 12.5. The van der Waals surface area contributed by atoms with Crippen molar-refractivity contribution in [3.8, 4) is 5.75 Å². The molecule has 0 saturated carbocycles. The van der Waals surface area contributed by atoms with E-state index < -0.39 is 0 Å². The third-order valence-electron chi connectivity index (χ3n) is 4.62. The lowest BCUT2D eigenvalue weighted by molar-refractivity contribution is 0.318. The van der Waals surface area contributed by atoms with Crippen LogP contribution in [0, 0.1) is 6.92 Å². The van der Waals surface area contributed by atoms with Gasteiger partial charge >= 0.3 is 0 Å². The van der Waals surface area contributed by atoms with E-state index in [0.29, 0.717) is 6.61 Å². The summed E-state index contributed by atoms with van der Waals surface area (Å²) in [4.78, 5) is 22.4. The summed E-state index contributed by atoms with van der Waals surface area (Å²) in [6.07, 6.45) is 5.41. The maximum Gasteiger partial charge on any atom is 0.260 e. The number of thioether (sulfide) groups is 1. The zero-order valence-corrected chi connectivity index (χ0v) is 16.5. The Morgan fingerprint density at radius 1 is 1.23 bits per heavy atom. The topological polar surface area (TPSA) is 55.0 Å². The van der Waals surface area contributed by atoms with E-state index in [1.54, 1.807) is 23.1 Å². The molecule has 6 heteroatoms. The average molecular weight is 387 g/mol. The summed E-state index contributed by atoms with van der Waals surface area (Å²) in [5.41, 5.74) is 2.49. The first-order valence-electron chi connectivity index (χ1n) is 9.07. The van der Waals surface area contributed by atoms with Gasteiger partial charge in [-0.15, -0.1) is 11.3 Å². The van der Waals surface area contributed by atoms with Crippen LogP contribution in [0.3, 0.4) is 0 Å². The molecular weight excluding hydrogens is 364 g/mol. The smallest absolute Gasteiger partial charge is 0.260 e. The Labute approximate surface area is 161 Å². The van der Waals surface area contributed by atoms with Gasteiger partial charge < -0.3 is 9.72 Å². The van der Waals surface area contributed by atoms with Crippen LogP contribution >= 0.6 is 23.1 Å². The van der Waals surface area contributed by atoms with E-state index in [0.717, 1.165) is 46.1 Å². The molecule has 3 aromatic rings. The standard InChI is InChI=1S/C20H22N2O2S2/c1-13-7-9-14(10-8-13)24-11-4-12-25-20-21-18(23)17-15-5-2-3-6-16(15)26-19(17)22-20/h7-10H,2-6,11-12H2,1H3,(H,21,22,23). The molecule has 1 aliphatic carbocycles. The molecule has 4 rings (SSSR count). The van der Waals surface area contributed by atoms with E-state index in [4.69, 9.17) is 9.72 Å². The quantitative estimate of drug-likeness (QED) is 0.378. The van der Waals surface area contributed by atoms with E-state index in [-0.39, 0.29) is 5.56 Å². The zero-order chi connectivity index (χ0) is 17.9. The van der Waals surface area contributed by atoms with Crippen LogP contribution in [0.4, 0.5) is 0 Å². The minimum atomic E-state index is 0.0211. The molecule has 2 aromatic heterocycles. The molecule has 0 bridgehead atoms. The minimum Gasteiger partial charge on any atom is -0.494 e. The van der Waals surface area contributed by atoms with Gasteiger partial charge in [0.2, 0.25) is 0 Å². The molecule has 136 valence electrons. The van der Waals surface area contributed by atoms with E-state index in [1.807, 2.05) is 12.1 Å². The summed E-state index contributed by atoms with van der Waals surface area (Å²) in [7, 11) is 0. The molecule has 0 unspecified atom stereocenters. The number of ether oxygens (including phenoxy) is 1. The molecule has 0 amide bonds. The van der Waals surface area contributed by atoms with Crippen molar-refractivity contribution in [3.05, 3.63) is 50.6 Å². The van der Waals surface area contributed by atoms with E-state index >= 15 is 0 Å². The van der Waals surface area contributed by atoms with Crippen LogP contribution in [0.2, 0.25) is 0 Å². The van der Waals surface area contributed by atoms with Crippen molar-refractivity contribution in [2.45, 2.75) is 44.2 Å². The molecule has 1 N–H and O–H groups in total. The molecule has 0 radical (unpaired) electrons. The fraction of sp³-hybridized carbons (Fsp3) is 0.400. The fourth-order valence-electron chi connectivity index (χ4n) is 3.26. The predicted molar refractivity (Wildman–Crippen MR) is 109 cm³/mol. The first-order chi connectivity index (χ1) is 12.7. The van der Waals surface area contributed by atoms with Gasteiger partial charge in [-0.05, 0) is 56.7 Å². The molecule has 1 aliphatic rings. The Balaban J connectivity index is 1.35. The van der Waals surface area contributed by atoms with Crippen LogP contribution in [-0.4, -0.2) is 22.3 Å². The van der Waals surface area contributed by atoms with Gasteiger partial charge in [-0.25, -0.2) is 4.98 Å². The largest absolute Gasteiger partial charge is 0.494 e. The van der Waals surface area contributed by atoms with Gasteiger partial charge in [-0.3, -0.25) is 4.79 Å². The number of aromatic nitrogens is 2. The molecular formula is C20H22N2O2S2. The SMILES string of the molecule is Cc1ccc(OCCCSc2nc3sc4c(c3c(=O)[nH]2)CCCC4)cc1. The normalized spacial score (nSPS) is 13.7. The Hall–Kier alpha value is -1.79. The van der Waals surface area contributed by atoms with Gasteiger partial charge in [-0.2, -0.15) is 0 Å². The van der Waals surface area contributed by atoms with Crippen LogP contribution in [0.25, 0.3) is 10.2 Å². The van der Waals surface area contributed by atoms with E-state index in [1.165, 1.54) is 28.8 Å². The van der Waals surface area contributed by atoms with Crippen molar-refractivity contribution in [2.75, 3.05) is 12.4 Å². The molecule has 0 aliphatic heterocycles. The number of hydrogen-bond acceptors (Lipinski definition) is 5. The number of aromatic amines is 1. The van der Waals surface area contributed by atoms with Crippen molar-refractivity contribution in [1.29, 1.82) is 0 Å². The number of aryl methyl sites for hydroxylation is 3. The summed E-state index contributed by atoms with van der Waals surface area (Å²) in [5.74, 6) is 1.77. The lowest BCUT2D eigenvalue weighted by atomic mass is 9.97. The average Bonchev–Trinajstić information content (AvgIpc) is 3.02. The second-order valence-corrected chi connectivity index (χ2v) is 8.79. The van der Waals surface area contributed by atoms with Crippen LogP contribution in [-0.2, 0) is 12.8 Å². The Bertz CT molecular complexity index is 960. The monoisotopic (exact) mass is 386 g/mol. The highest BCUT2D eigenvalue weighted by atomic mass is 32.2. The van der Waals surface area contributed by atoms with Crippen molar-refractivity contribution in [3.63, 3.8) is 0 Å². The second-order valence-electron chi connectivity index (χ2n) is 6.63. The summed E-state index contributed by atoms with van der Waals surface area (Å²) in [6.45, 7) is 2.73. The third kappa shape index (κ3) is 3.81. The molecule has 4 nitrogen and oxygen atoms in total. The molecule has 0 atom stereocenters.